The first kappa shape index (κ1) is 15.6. The van der Waals surface area contributed by atoms with Crippen LogP contribution >= 0.6 is 0 Å². The molecule has 1 atom stereocenters. The summed E-state index contributed by atoms with van der Waals surface area (Å²) >= 11 is 0. The zero-order valence-corrected chi connectivity index (χ0v) is 13.0. The second-order valence-electron chi connectivity index (χ2n) is 6.64. The van der Waals surface area contributed by atoms with Gasteiger partial charge in [0.2, 0.25) is 5.89 Å². The highest BCUT2D eigenvalue weighted by Crippen LogP contribution is 2.42. The molecule has 1 aromatic carbocycles. The third-order valence-corrected chi connectivity index (χ3v) is 4.56. The lowest BCUT2D eigenvalue weighted by atomic mass is 10.00. The van der Waals surface area contributed by atoms with Crippen LogP contribution in [-0.2, 0) is 12.7 Å². The molecule has 24 heavy (non-hydrogen) atoms. The number of hydrogen-bond donors (Lipinski definition) is 1. The monoisotopic (exact) mass is 337 g/mol. The average molecular weight is 337 g/mol. The number of nitrogens with zero attached hydrogens (tertiary/aromatic N) is 2. The van der Waals surface area contributed by atoms with Crippen molar-refractivity contribution in [1.82, 2.24) is 15.5 Å². The fraction of sp³-hybridized carbons (Fsp3) is 0.529. The predicted molar refractivity (Wildman–Crippen MR) is 80.0 cm³/mol. The summed E-state index contributed by atoms with van der Waals surface area (Å²) < 4.78 is 44.0. The van der Waals surface area contributed by atoms with Gasteiger partial charge in [0.1, 0.15) is 0 Å². The van der Waals surface area contributed by atoms with E-state index in [-0.39, 0.29) is 6.04 Å². The molecular formula is C17H18F3N3O. The molecule has 0 radical (unpaired) electrons. The van der Waals surface area contributed by atoms with Gasteiger partial charge in [-0.2, -0.15) is 18.2 Å². The van der Waals surface area contributed by atoms with Crippen LogP contribution in [0.1, 0.15) is 60.5 Å². The third kappa shape index (κ3) is 3.45. The number of hydrogen-bond acceptors (Lipinski definition) is 4. The van der Waals surface area contributed by atoms with Crippen molar-refractivity contribution >= 4 is 0 Å². The average Bonchev–Trinajstić information content (AvgIpc) is 3.47. The zero-order valence-electron chi connectivity index (χ0n) is 13.0. The first-order valence-electron chi connectivity index (χ1n) is 8.24. The Morgan fingerprint density at radius 1 is 1.21 bits per heavy atom. The zero-order chi connectivity index (χ0) is 16.7. The molecule has 0 spiro atoms. The van der Waals surface area contributed by atoms with Crippen LogP contribution in [0.2, 0.25) is 0 Å². The van der Waals surface area contributed by atoms with Gasteiger partial charge in [0.25, 0.3) is 0 Å². The van der Waals surface area contributed by atoms with E-state index in [2.05, 4.69) is 15.5 Å². The Bertz CT molecular complexity index is 720. The Kier molecular flexibility index (Phi) is 3.83. The van der Waals surface area contributed by atoms with Gasteiger partial charge in [0, 0.05) is 12.0 Å². The number of halogens is 3. The van der Waals surface area contributed by atoms with Crippen molar-refractivity contribution in [2.75, 3.05) is 0 Å². The van der Waals surface area contributed by atoms with Crippen molar-refractivity contribution in [2.45, 2.75) is 50.4 Å². The number of alkyl halides is 3. The summed E-state index contributed by atoms with van der Waals surface area (Å²) in [4.78, 5) is 4.35. The van der Waals surface area contributed by atoms with Gasteiger partial charge in [-0.25, -0.2) is 0 Å². The maximum absolute atomic E-state index is 12.9. The van der Waals surface area contributed by atoms with Gasteiger partial charge in [-0.3, -0.25) is 0 Å². The van der Waals surface area contributed by atoms with E-state index >= 15 is 0 Å². The van der Waals surface area contributed by atoms with Gasteiger partial charge in [-0.1, -0.05) is 17.3 Å². The van der Waals surface area contributed by atoms with Gasteiger partial charge in [-0.15, -0.1) is 0 Å². The molecule has 0 unspecified atom stereocenters. The first-order chi connectivity index (χ1) is 11.5. The molecule has 2 fully saturated rings. The normalized spacial score (nSPS) is 19.5. The van der Waals surface area contributed by atoms with Gasteiger partial charge in [0.05, 0.1) is 12.1 Å². The van der Waals surface area contributed by atoms with Crippen molar-refractivity contribution in [3.8, 4) is 0 Å². The Hall–Kier alpha value is -1.89. The van der Waals surface area contributed by atoms with Crippen molar-refractivity contribution in [3.63, 3.8) is 0 Å². The smallest absolute Gasteiger partial charge is 0.339 e. The highest BCUT2D eigenvalue weighted by molar-refractivity contribution is 5.29. The molecule has 4 rings (SSSR count). The van der Waals surface area contributed by atoms with Gasteiger partial charge < -0.3 is 9.84 Å². The van der Waals surface area contributed by atoms with E-state index in [1.54, 1.807) is 6.07 Å². The third-order valence-electron chi connectivity index (χ3n) is 4.56. The van der Waals surface area contributed by atoms with E-state index < -0.39 is 11.7 Å². The summed E-state index contributed by atoms with van der Waals surface area (Å²) in [5.74, 6) is 2.00. The molecule has 128 valence electrons. The Morgan fingerprint density at radius 2 is 2.00 bits per heavy atom. The minimum atomic E-state index is -4.32. The van der Waals surface area contributed by atoms with Gasteiger partial charge in [-0.05, 0) is 49.3 Å². The lowest BCUT2D eigenvalue weighted by Crippen LogP contribution is -2.23. The number of rotatable bonds is 6. The summed E-state index contributed by atoms with van der Waals surface area (Å²) in [6, 6.07) is 5.44. The lowest BCUT2D eigenvalue weighted by Gasteiger charge is -2.19. The van der Waals surface area contributed by atoms with Crippen molar-refractivity contribution < 1.29 is 17.7 Å². The maximum Gasteiger partial charge on any atom is 0.416 e. The topological polar surface area (TPSA) is 51.0 Å². The molecule has 0 saturated heterocycles. The largest absolute Gasteiger partial charge is 0.416 e. The molecule has 2 aliphatic carbocycles. The standard InChI is InChI=1S/C17H18F3N3O/c18-17(19,20)13-3-1-2-12(8-13)15(10-4-5-10)21-9-14-22-16(24-23-14)11-6-7-11/h1-3,8,10-11,15,21H,4-7,9H2/t15-/m1/s1. The number of benzene rings is 1. The second-order valence-corrected chi connectivity index (χ2v) is 6.64. The number of aromatic nitrogens is 2. The molecule has 2 aliphatic rings. The SMILES string of the molecule is FC(F)(F)c1cccc([C@H](NCc2noc(C3CC3)n2)C2CC2)c1. The van der Waals surface area contributed by atoms with Crippen LogP contribution in [0, 0.1) is 5.92 Å². The minimum Gasteiger partial charge on any atom is -0.339 e. The summed E-state index contributed by atoms with van der Waals surface area (Å²) in [6.07, 6.45) is -0.105. The Balaban J connectivity index is 1.47. The molecule has 1 heterocycles. The maximum atomic E-state index is 12.9. The Morgan fingerprint density at radius 3 is 2.67 bits per heavy atom. The molecular weight excluding hydrogens is 319 g/mol. The molecule has 7 heteroatoms. The highest BCUT2D eigenvalue weighted by atomic mass is 19.4. The summed E-state index contributed by atoms with van der Waals surface area (Å²) in [5, 5.41) is 7.26. The molecule has 0 aliphatic heterocycles. The fourth-order valence-corrected chi connectivity index (χ4v) is 2.93. The summed E-state index contributed by atoms with van der Waals surface area (Å²) in [7, 11) is 0. The number of nitrogens with one attached hydrogen (secondary N) is 1. The van der Waals surface area contributed by atoms with Crippen LogP contribution in [0.3, 0.4) is 0 Å². The molecule has 0 bridgehead atoms. The van der Waals surface area contributed by atoms with Crippen LogP contribution < -0.4 is 5.32 Å². The molecule has 1 aromatic heterocycles. The van der Waals surface area contributed by atoms with Crippen molar-refractivity contribution in [3.05, 3.63) is 47.1 Å². The highest BCUT2D eigenvalue weighted by Gasteiger charge is 2.35. The second kappa shape index (κ2) is 5.88. The molecule has 4 nitrogen and oxygen atoms in total. The van der Waals surface area contributed by atoms with Gasteiger partial charge in [0.15, 0.2) is 5.82 Å². The minimum absolute atomic E-state index is 0.116. The van der Waals surface area contributed by atoms with E-state index in [1.165, 1.54) is 12.1 Å². The predicted octanol–water partition coefficient (Wildman–Crippen LogP) is 4.21. The molecule has 0 amide bonds. The first-order valence-corrected chi connectivity index (χ1v) is 8.24. The summed E-state index contributed by atoms with van der Waals surface area (Å²) in [6.45, 7) is 0.396. The van der Waals surface area contributed by atoms with Crippen LogP contribution in [0.5, 0.6) is 0 Å². The van der Waals surface area contributed by atoms with Crippen LogP contribution in [-0.4, -0.2) is 10.1 Å². The quantitative estimate of drug-likeness (QED) is 0.858. The summed E-state index contributed by atoms with van der Waals surface area (Å²) in [5.41, 5.74) is 0.0567. The fourth-order valence-electron chi connectivity index (χ4n) is 2.93. The Labute approximate surface area is 137 Å². The van der Waals surface area contributed by atoms with Crippen LogP contribution in [0.25, 0.3) is 0 Å². The lowest BCUT2D eigenvalue weighted by molar-refractivity contribution is -0.137. The van der Waals surface area contributed by atoms with E-state index in [0.717, 1.165) is 31.7 Å². The van der Waals surface area contributed by atoms with Crippen LogP contribution in [0.15, 0.2) is 28.8 Å². The van der Waals surface area contributed by atoms with E-state index in [1.807, 2.05) is 0 Å². The van der Waals surface area contributed by atoms with Crippen molar-refractivity contribution in [2.24, 2.45) is 5.92 Å². The molecule has 2 saturated carbocycles. The van der Waals surface area contributed by atoms with E-state index in [0.29, 0.717) is 35.7 Å². The van der Waals surface area contributed by atoms with Gasteiger partial charge >= 0.3 is 6.18 Å². The molecule has 2 aromatic rings. The van der Waals surface area contributed by atoms with Crippen molar-refractivity contribution in [1.29, 1.82) is 0 Å². The molecule has 1 N–H and O–H groups in total. The van der Waals surface area contributed by atoms with E-state index in [9.17, 15) is 13.2 Å². The van der Waals surface area contributed by atoms with Crippen LogP contribution in [0.4, 0.5) is 13.2 Å². The van der Waals surface area contributed by atoms with E-state index in [4.69, 9.17) is 4.52 Å².